The van der Waals surface area contributed by atoms with Gasteiger partial charge in [-0.2, -0.15) is 0 Å². The van der Waals surface area contributed by atoms with E-state index in [4.69, 9.17) is 0 Å². The Bertz CT molecular complexity index is 422. The second-order valence-corrected chi connectivity index (χ2v) is 9.22. The maximum absolute atomic E-state index is 10.5. The van der Waals surface area contributed by atoms with E-state index in [1.807, 2.05) is 0 Å². The quantitative estimate of drug-likeness (QED) is 0.714. The van der Waals surface area contributed by atoms with Gasteiger partial charge in [-0.15, -0.1) is 0 Å². The Hall–Kier alpha value is -0.0800. The van der Waals surface area contributed by atoms with Crippen molar-refractivity contribution in [3.05, 3.63) is 0 Å². The molecule has 0 aromatic rings. The van der Waals surface area contributed by atoms with Crippen LogP contribution >= 0.6 is 0 Å². The molecule has 0 aromatic heterocycles. The lowest BCUT2D eigenvalue weighted by molar-refractivity contribution is -0.133. The van der Waals surface area contributed by atoms with Crippen LogP contribution in [0.15, 0.2) is 0 Å². The van der Waals surface area contributed by atoms with E-state index in [1.165, 1.54) is 38.5 Å². The summed E-state index contributed by atoms with van der Waals surface area (Å²) >= 11 is 0. The lowest BCUT2D eigenvalue weighted by atomic mass is 9.45. The SMILES string of the molecule is C[C@]12CC[C@H](O)C[C@H]1CC[C@@H]1[C@H]2CC[C@@]2(C)[C@@H](O)CC[C@@H]12. The molecule has 4 saturated carbocycles. The third-order valence-electron chi connectivity index (χ3n) is 8.59. The third-order valence-corrected chi connectivity index (χ3v) is 8.59. The maximum Gasteiger partial charge on any atom is 0.0596 e. The van der Waals surface area contributed by atoms with Crippen LogP contribution in [0, 0.1) is 34.5 Å². The van der Waals surface area contributed by atoms with Crippen molar-refractivity contribution in [1.29, 1.82) is 0 Å². The zero-order valence-electron chi connectivity index (χ0n) is 13.7. The highest BCUT2D eigenvalue weighted by molar-refractivity contribution is 5.09. The Balaban J connectivity index is 1.62. The molecule has 0 aliphatic heterocycles. The molecule has 0 spiro atoms. The summed E-state index contributed by atoms with van der Waals surface area (Å²) in [5.41, 5.74) is 0.676. The molecule has 4 aliphatic rings. The molecule has 0 amide bonds. The number of hydrogen-bond acceptors (Lipinski definition) is 2. The van der Waals surface area contributed by atoms with Crippen LogP contribution in [0.1, 0.15) is 71.6 Å². The van der Waals surface area contributed by atoms with Gasteiger partial charge < -0.3 is 10.2 Å². The van der Waals surface area contributed by atoms with Crippen molar-refractivity contribution >= 4 is 0 Å². The molecule has 120 valence electrons. The van der Waals surface area contributed by atoms with Gasteiger partial charge in [-0.25, -0.2) is 0 Å². The second kappa shape index (κ2) is 4.71. The Morgan fingerprint density at radius 2 is 1.48 bits per heavy atom. The third kappa shape index (κ3) is 1.91. The molecule has 21 heavy (non-hydrogen) atoms. The minimum absolute atomic E-state index is 0.0400. The monoisotopic (exact) mass is 292 g/mol. The van der Waals surface area contributed by atoms with Gasteiger partial charge in [0.05, 0.1) is 12.2 Å². The van der Waals surface area contributed by atoms with Gasteiger partial charge in [-0.1, -0.05) is 13.8 Å². The van der Waals surface area contributed by atoms with Gasteiger partial charge in [-0.3, -0.25) is 0 Å². The summed E-state index contributed by atoms with van der Waals surface area (Å²) in [7, 11) is 0. The summed E-state index contributed by atoms with van der Waals surface area (Å²) in [5, 5.41) is 20.5. The maximum atomic E-state index is 10.5. The molecule has 0 bridgehead atoms. The van der Waals surface area contributed by atoms with Crippen molar-refractivity contribution in [1.82, 2.24) is 0 Å². The fourth-order valence-corrected chi connectivity index (χ4v) is 7.21. The van der Waals surface area contributed by atoms with E-state index in [-0.39, 0.29) is 17.6 Å². The summed E-state index contributed by atoms with van der Waals surface area (Å²) in [6.45, 7) is 4.90. The molecule has 2 nitrogen and oxygen atoms in total. The topological polar surface area (TPSA) is 40.5 Å². The van der Waals surface area contributed by atoms with Crippen molar-refractivity contribution in [3.63, 3.8) is 0 Å². The predicted octanol–water partition coefficient (Wildman–Crippen LogP) is 3.75. The van der Waals surface area contributed by atoms with Crippen LogP contribution in [-0.4, -0.2) is 22.4 Å². The van der Waals surface area contributed by atoms with Crippen LogP contribution in [0.2, 0.25) is 0 Å². The number of rotatable bonds is 0. The van der Waals surface area contributed by atoms with Gasteiger partial charge in [0, 0.05) is 0 Å². The predicted molar refractivity (Wildman–Crippen MR) is 83.7 cm³/mol. The number of aliphatic hydroxyl groups excluding tert-OH is 2. The average Bonchev–Trinajstić information content (AvgIpc) is 2.76. The van der Waals surface area contributed by atoms with Crippen molar-refractivity contribution in [2.45, 2.75) is 83.8 Å². The molecule has 0 aromatic carbocycles. The van der Waals surface area contributed by atoms with E-state index in [0.29, 0.717) is 5.41 Å². The van der Waals surface area contributed by atoms with Crippen molar-refractivity contribution in [2.24, 2.45) is 34.5 Å². The van der Waals surface area contributed by atoms with E-state index in [9.17, 15) is 10.2 Å². The molecule has 0 heterocycles. The molecule has 0 radical (unpaired) electrons. The fraction of sp³-hybridized carbons (Fsp3) is 1.00. The van der Waals surface area contributed by atoms with E-state index < -0.39 is 0 Å². The van der Waals surface area contributed by atoms with Crippen molar-refractivity contribution in [3.8, 4) is 0 Å². The largest absolute Gasteiger partial charge is 0.393 e. The smallest absolute Gasteiger partial charge is 0.0596 e. The van der Waals surface area contributed by atoms with E-state index >= 15 is 0 Å². The Labute approximate surface area is 129 Å². The average molecular weight is 292 g/mol. The first-order valence-electron chi connectivity index (χ1n) is 9.31. The molecule has 4 fully saturated rings. The van der Waals surface area contributed by atoms with E-state index in [0.717, 1.165) is 42.9 Å². The molecule has 2 heteroatoms. The number of aliphatic hydroxyl groups is 2. The highest BCUT2D eigenvalue weighted by Gasteiger charge is 2.59. The second-order valence-electron chi connectivity index (χ2n) is 9.22. The fourth-order valence-electron chi connectivity index (χ4n) is 7.21. The van der Waals surface area contributed by atoms with Crippen LogP contribution in [0.25, 0.3) is 0 Å². The summed E-state index contributed by atoms with van der Waals surface area (Å²) in [6.07, 6.45) is 10.7. The van der Waals surface area contributed by atoms with Crippen LogP contribution in [0.3, 0.4) is 0 Å². The minimum Gasteiger partial charge on any atom is -0.393 e. The van der Waals surface area contributed by atoms with E-state index in [1.54, 1.807) is 0 Å². The van der Waals surface area contributed by atoms with Crippen LogP contribution in [-0.2, 0) is 0 Å². The zero-order chi connectivity index (χ0) is 14.8. The Morgan fingerprint density at radius 3 is 2.29 bits per heavy atom. The summed E-state index contributed by atoms with van der Waals surface area (Å²) < 4.78 is 0. The minimum atomic E-state index is -0.0536. The van der Waals surface area contributed by atoms with Crippen molar-refractivity contribution < 1.29 is 10.2 Å². The van der Waals surface area contributed by atoms with Gasteiger partial charge in [0.2, 0.25) is 0 Å². The number of fused-ring (bicyclic) bond motifs is 5. The van der Waals surface area contributed by atoms with Crippen LogP contribution < -0.4 is 0 Å². The van der Waals surface area contributed by atoms with Gasteiger partial charge in [0.1, 0.15) is 0 Å². The first kappa shape index (κ1) is 14.5. The van der Waals surface area contributed by atoms with Crippen molar-refractivity contribution in [2.75, 3.05) is 0 Å². The molecule has 4 rings (SSSR count). The Kier molecular flexibility index (Phi) is 3.25. The molecular formula is C19H32O2. The first-order chi connectivity index (χ1) is 9.95. The molecule has 2 N–H and O–H groups in total. The zero-order valence-corrected chi connectivity index (χ0v) is 13.7. The summed E-state index contributed by atoms with van der Waals surface area (Å²) in [4.78, 5) is 0. The highest BCUT2D eigenvalue weighted by atomic mass is 16.3. The van der Waals surface area contributed by atoms with Gasteiger partial charge >= 0.3 is 0 Å². The molecular weight excluding hydrogens is 260 g/mol. The van der Waals surface area contributed by atoms with Gasteiger partial charge in [0.25, 0.3) is 0 Å². The van der Waals surface area contributed by atoms with Gasteiger partial charge in [0.15, 0.2) is 0 Å². The standard InChI is InChI=1S/C19H32O2/c1-18-9-7-13(20)11-12(18)3-4-14-15-5-6-17(21)19(15,2)10-8-16(14)18/h12-17,20-21H,3-11H2,1-2H3/t12-,13+,14+,15+,16-,17+,18+,19-/m1/s1. The molecule has 0 saturated heterocycles. The highest BCUT2D eigenvalue weighted by Crippen LogP contribution is 2.66. The Morgan fingerprint density at radius 1 is 0.762 bits per heavy atom. The lowest BCUT2D eigenvalue weighted by Crippen LogP contribution is -2.54. The lowest BCUT2D eigenvalue weighted by Gasteiger charge is -2.60. The first-order valence-corrected chi connectivity index (χ1v) is 9.31. The number of hydrogen-bond donors (Lipinski definition) is 2. The summed E-state index contributed by atoms with van der Waals surface area (Å²) in [6, 6.07) is 0. The van der Waals surface area contributed by atoms with Crippen LogP contribution in [0.5, 0.6) is 0 Å². The van der Waals surface area contributed by atoms with Crippen LogP contribution in [0.4, 0.5) is 0 Å². The molecule has 4 aliphatic carbocycles. The van der Waals surface area contributed by atoms with Gasteiger partial charge in [-0.05, 0) is 92.3 Å². The summed E-state index contributed by atoms with van der Waals surface area (Å²) in [5.74, 6) is 3.21. The normalized spacial score (nSPS) is 60.0. The molecule has 8 atom stereocenters. The van der Waals surface area contributed by atoms with E-state index in [2.05, 4.69) is 13.8 Å². The molecule has 0 unspecified atom stereocenters.